The Hall–Kier alpha value is -2.55. The van der Waals surface area contributed by atoms with Crippen molar-refractivity contribution in [1.29, 1.82) is 0 Å². The number of hydrazine groups is 1. The normalized spacial score (nSPS) is 26.4. The molecule has 198 valence electrons. The molecule has 7 rings (SSSR count). The number of likely N-dealkylation sites (tertiary alicyclic amines) is 1. The summed E-state index contributed by atoms with van der Waals surface area (Å²) in [5.74, 6) is 0.462. The molecule has 2 saturated heterocycles. The summed E-state index contributed by atoms with van der Waals surface area (Å²) in [4.78, 5) is 5.42. The first-order chi connectivity index (χ1) is 18.4. The van der Waals surface area contributed by atoms with Crippen LogP contribution in [-0.2, 0) is 21.0 Å². The molecular weight excluding hydrogens is 494 g/mol. The lowest BCUT2D eigenvalue weighted by atomic mass is 9.74. The zero-order valence-electron chi connectivity index (χ0n) is 21.6. The maximum absolute atomic E-state index is 13.3. The summed E-state index contributed by atoms with van der Waals surface area (Å²) < 4.78 is 26.7. The zero-order chi connectivity index (χ0) is 26.0. The Morgan fingerprint density at radius 2 is 1.34 bits per heavy atom. The molecule has 0 spiro atoms. The van der Waals surface area contributed by atoms with Gasteiger partial charge in [0.05, 0.1) is 10.5 Å². The first-order valence-corrected chi connectivity index (χ1v) is 15.4. The Balaban J connectivity index is 1.13. The summed E-state index contributed by atoms with van der Waals surface area (Å²) in [5, 5.41) is 13.6. The second-order valence-corrected chi connectivity index (χ2v) is 13.2. The Morgan fingerprint density at radius 3 is 1.97 bits per heavy atom. The number of benzene rings is 3. The molecule has 3 aromatic carbocycles. The third-order valence-electron chi connectivity index (χ3n) is 9.47. The molecule has 38 heavy (non-hydrogen) atoms. The molecule has 6 nitrogen and oxygen atoms in total. The molecule has 4 aliphatic rings. The summed E-state index contributed by atoms with van der Waals surface area (Å²) in [6, 6.07) is 24.8. The van der Waals surface area contributed by atoms with Gasteiger partial charge in [-0.25, -0.2) is 13.4 Å². The van der Waals surface area contributed by atoms with Gasteiger partial charge in [0.15, 0.2) is 0 Å². The van der Waals surface area contributed by atoms with E-state index in [9.17, 15) is 13.5 Å². The van der Waals surface area contributed by atoms with E-state index in [-0.39, 0.29) is 10.3 Å². The van der Waals surface area contributed by atoms with Crippen LogP contribution in [0.15, 0.2) is 77.7 Å². The van der Waals surface area contributed by atoms with E-state index < -0.39 is 15.6 Å². The van der Waals surface area contributed by atoms with Crippen LogP contribution in [0.1, 0.15) is 65.8 Å². The molecule has 2 fully saturated rings. The van der Waals surface area contributed by atoms with E-state index >= 15 is 0 Å². The number of piperidine rings is 1. The summed E-state index contributed by atoms with van der Waals surface area (Å²) in [5.41, 5.74) is 5.15. The van der Waals surface area contributed by atoms with Gasteiger partial charge in [0.1, 0.15) is 0 Å². The lowest BCUT2D eigenvalue weighted by Crippen LogP contribution is -2.48. The maximum atomic E-state index is 13.3. The van der Waals surface area contributed by atoms with Gasteiger partial charge in [-0.15, -0.1) is 4.83 Å². The number of nitrogens with one attached hydrogen (secondary N) is 1. The summed E-state index contributed by atoms with van der Waals surface area (Å²) >= 11 is 0. The van der Waals surface area contributed by atoms with Gasteiger partial charge in [0.2, 0.25) is 0 Å². The third-order valence-corrected chi connectivity index (χ3v) is 10.9. The number of rotatable bonds is 6. The van der Waals surface area contributed by atoms with Crippen molar-refractivity contribution in [3.8, 4) is 0 Å². The lowest BCUT2D eigenvalue weighted by molar-refractivity contribution is -0.0311. The Bertz CT molecular complexity index is 1430. The van der Waals surface area contributed by atoms with Crippen LogP contribution in [0.3, 0.4) is 0 Å². The summed E-state index contributed by atoms with van der Waals surface area (Å²) in [6.45, 7) is 3.80. The number of fused-ring (bicyclic) bond motifs is 8. The first-order valence-electron chi connectivity index (χ1n) is 13.9. The average Bonchev–Trinajstić information content (AvgIpc) is 3.65. The molecule has 0 aromatic heterocycles. The minimum absolute atomic E-state index is 0.0196. The minimum atomic E-state index is -3.77. The molecule has 0 atom stereocenters. The quantitative estimate of drug-likeness (QED) is 0.503. The lowest BCUT2D eigenvalue weighted by Gasteiger charge is -2.43. The first kappa shape index (κ1) is 24.5. The van der Waals surface area contributed by atoms with Crippen LogP contribution < -0.4 is 4.83 Å². The van der Waals surface area contributed by atoms with E-state index in [0.29, 0.717) is 24.3 Å². The minimum Gasteiger partial charge on any atom is -0.385 e. The third kappa shape index (κ3) is 3.79. The van der Waals surface area contributed by atoms with Gasteiger partial charge in [0, 0.05) is 49.6 Å². The van der Waals surface area contributed by atoms with E-state index in [1.165, 1.54) is 22.3 Å². The highest BCUT2D eigenvalue weighted by Gasteiger charge is 2.53. The van der Waals surface area contributed by atoms with Crippen molar-refractivity contribution in [3.05, 3.63) is 101 Å². The fraction of sp³-hybridized carbons (Fsp3) is 0.419. The SMILES string of the molecule is O=S(=O)(NN1CCCC1)c1ccccc1C1(O)CCN(CC23CC(c4ccccc42)c2ccccc23)CC1. The molecule has 2 heterocycles. The highest BCUT2D eigenvalue weighted by molar-refractivity contribution is 7.89. The van der Waals surface area contributed by atoms with Crippen molar-refractivity contribution in [1.82, 2.24) is 14.7 Å². The van der Waals surface area contributed by atoms with Crippen LogP contribution in [0.2, 0.25) is 0 Å². The Morgan fingerprint density at radius 1 is 0.789 bits per heavy atom. The molecule has 0 unspecified atom stereocenters. The fourth-order valence-corrected chi connectivity index (χ4v) is 9.08. The van der Waals surface area contributed by atoms with E-state index in [1.54, 1.807) is 23.2 Å². The molecule has 0 saturated carbocycles. The van der Waals surface area contributed by atoms with Gasteiger partial charge in [-0.3, -0.25) is 0 Å². The van der Waals surface area contributed by atoms with E-state index in [0.717, 1.165) is 52.0 Å². The monoisotopic (exact) mass is 529 g/mol. The van der Waals surface area contributed by atoms with E-state index in [4.69, 9.17) is 0 Å². The number of sulfonamides is 1. The fourth-order valence-electron chi connectivity index (χ4n) is 7.65. The predicted molar refractivity (Wildman–Crippen MR) is 147 cm³/mol. The Kier molecular flexibility index (Phi) is 5.80. The molecule has 2 N–H and O–H groups in total. The molecule has 3 aromatic rings. The smallest absolute Gasteiger partial charge is 0.253 e. The molecule has 0 radical (unpaired) electrons. The number of nitrogens with zero attached hydrogens (tertiary/aromatic N) is 2. The largest absolute Gasteiger partial charge is 0.385 e. The van der Waals surface area contributed by atoms with Gasteiger partial charge in [0.25, 0.3) is 10.0 Å². The summed E-state index contributed by atoms with van der Waals surface area (Å²) in [7, 11) is -3.77. The molecular formula is C31H35N3O3S. The predicted octanol–water partition coefficient (Wildman–Crippen LogP) is 4.09. The number of hydrogen-bond donors (Lipinski definition) is 2. The van der Waals surface area contributed by atoms with Gasteiger partial charge in [-0.05, 0) is 60.4 Å². The van der Waals surface area contributed by atoms with Crippen molar-refractivity contribution >= 4 is 10.0 Å². The van der Waals surface area contributed by atoms with Gasteiger partial charge < -0.3 is 10.0 Å². The van der Waals surface area contributed by atoms with Gasteiger partial charge >= 0.3 is 0 Å². The van der Waals surface area contributed by atoms with Crippen molar-refractivity contribution in [2.45, 2.75) is 53.9 Å². The topological polar surface area (TPSA) is 72.9 Å². The van der Waals surface area contributed by atoms with Crippen LogP contribution in [0.5, 0.6) is 0 Å². The van der Waals surface area contributed by atoms with Gasteiger partial charge in [-0.1, -0.05) is 66.7 Å². The molecule has 2 aliphatic heterocycles. The van der Waals surface area contributed by atoms with Crippen molar-refractivity contribution in [3.63, 3.8) is 0 Å². The molecule has 2 aliphatic carbocycles. The average molecular weight is 530 g/mol. The van der Waals surface area contributed by atoms with Crippen molar-refractivity contribution < 1.29 is 13.5 Å². The molecule has 7 heteroatoms. The summed E-state index contributed by atoms with van der Waals surface area (Å²) in [6.07, 6.45) is 4.09. The highest BCUT2D eigenvalue weighted by Crippen LogP contribution is 2.60. The molecule has 2 bridgehead atoms. The van der Waals surface area contributed by atoms with Crippen molar-refractivity contribution in [2.24, 2.45) is 0 Å². The van der Waals surface area contributed by atoms with Crippen LogP contribution in [0.4, 0.5) is 0 Å². The zero-order valence-corrected chi connectivity index (χ0v) is 22.5. The second-order valence-electron chi connectivity index (χ2n) is 11.6. The number of aliphatic hydroxyl groups is 1. The van der Waals surface area contributed by atoms with E-state index in [1.807, 2.05) is 6.07 Å². The second kappa shape index (κ2) is 9.00. The van der Waals surface area contributed by atoms with E-state index in [2.05, 4.69) is 58.3 Å². The van der Waals surface area contributed by atoms with Crippen LogP contribution in [0.25, 0.3) is 0 Å². The maximum Gasteiger partial charge on any atom is 0.253 e. The standard InChI is InChI=1S/C31H35N3O3S/c35-31(28-13-5-6-14-29(28)38(36,37)32-34-17-7-8-18-34)15-19-33(20-16-31)22-30-21-25(23-9-1-3-11-26(23)30)24-10-2-4-12-27(24)30/h1-6,9-14,25,32,35H,7-8,15-22H2. The van der Waals surface area contributed by atoms with Crippen LogP contribution in [0, 0.1) is 0 Å². The van der Waals surface area contributed by atoms with Gasteiger partial charge in [-0.2, -0.15) is 0 Å². The number of hydrogen-bond acceptors (Lipinski definition) is 5. The Labute approximate surface area is 225 Å². The highest BCUT2D eigenvalue weighted by atomic mass is 32.2. The van der Waals surface area contributed by atoms with Crippen LogP contribution >= 0.6 is 0 Å². The van der Waals surface area contributed by atoms with Crippen molar-refractivity contribution in [2.75, 3.05) is 32.7 Å². The van der Waals surface area contributed by atoms with Crippen LogP contribution in [-0.4, -0.2) is 56.2 Å². The molecule has 0 amide bonds.